The summed E-state index contributed by atoms with van der Waals surface area (Å²) in [6.07, 6.45) is 7.94. The van der Waals surface area contributed by atoms with Gasteiger partial charge in [0.05, 0.1) is 46.3 Å². The van der Waals surface area contributed by atoms with Crippen molar-refractivity contribution in [3.63, 3.8) is 0 Å². The number of carbonyl (C=O) groups excluding carboxylic acids is 1. The number of hydrogen-bond donors (Lipinski definition) is 2. The summed E-state index contributed by atoms with van der Waals surface area (Å²) in [5, 5.41) is 13.9. The van der Waals surface area contributed by atoms with Crippen molar-refractivity contribution in [1.82, 2.24) is 48.7 Å². The van der Waals surface area contributed by atoms with Crippen molar-refractivity contribution in [2.24, 2.45) is 13.0 Å². The Labute approximate surface area is 358 Å². The number of nitrogens with zero attached hydrogens (tertiary/aromatic N) is 8. The fourth-order valence-corrected chi connectivity index (χ4v) is 9.12. The summed E-state index contributed by atoms with van der Waals surface area (Å²) in [7, 11) is 1.72. The first-order valence-corrected chi connectivity index (χ1v) is 21.1. The second-order valence-corrected chi connectivity index (χ2v) is 17.6. The molecule has 1 saturated carbocycles. The predicted octanol–water partition coefficient (Wildman–Crippen LogP) is 7.13. The van der Waals surface area contributed by atoms with Crippen LogP contribution in [-0.2, 0) is 24.8 Å². The van der Waals surface area contributed by atoms with Crippen molar-refractivity contribution >= 4 is 27.7 Å². The number of aromatic nitrogens is 9. The normalized spacial score (nSPS) is 19.3. The Morgan fingerprint density at radius 1 is 1.00 bits per heavy atom. The number of rotatable bonds is 6. The van der Waals surface area contributed by atoms with E-state index < -0.39 is 17.3 Å². The minimum atomic E-state index is -0.570. The molecule has 3 atom stereocenters. The van der Waals surface area contributed by atoms with Crippen molar-refractivity contribution < 1.29 is 22.8 Å². The molecule has 2 aliphatic heterocycles. The summed E-state index contributed by atoms with van der Waals surface area (Å²) in [6.45, 7) is 9.34. The average molecular weight is 857 g/mol. The van der Waals surface area contributed by atoms with Crippen LogP contribution in [0.15, 0.2) is 87.3 Å². The fourth-order valence-electron chi connectivity index (χ4n) is 9.12. The summed E-state index contributed by atoms with van der Waals surface area (Å²) < 4.78 is 46.3. The highest BCUT2D eigenvalue weighted by Crippen LogP contribution is 2.45. The first-order valence-electron chi connectivity index (χ1n) is 21.1. The fraction of sp³-hybridized carbons (Fsp3) is 0.348. The van der Waals surface area contributed by atoms with Crippen molar-refractivity contribution in [2.75, 3.05) is 13.2 Å². The molecule has 15 nitrogen and oxygen atoms in total. The average Bonchev–Trinajstić information content (AvgIpc) is 3.83. The number of benzene rings is 3. The Bertz CT molecular complexity index is 3200. The minimum Gasteiger partial charge on any atom is -0.376 e. The Kier molecular flexibility index (Phi) is 9.69. The molecule has 1 aliphatic carbocycles. The summed E-state index contributed by atoms with van der Waals surface area (Å²) in [6, 6.07) is 16.1. The zero-order valence-corrected chi connectivity index (χ0v) is 35.5. The molecule has 11 rings (SSSR count). The van der Waals surface area contributed by atoms with Crippen molar-refractivity contribution in [3.8, 4) is 17.2 Å². The zero-order chi connectivity index (χ0) is 43.9. The third-order valence-corrected chi connectivity index (χ3v) is 12.8. The molecule has 0 spiro atoms. The molecule has 5 aromatic heterocycles. The van der Waals surface area contributed by atoms with E-state index in [-0.39, 0.29) is 29.6 Å². The van der Waals surface area contributed by atoms with E-state index in [4.69, 9.17) is 9.84 Å². The zero-order valence-electron chi connectivity index (χ0n) is 35.5. The molecular weight excluding hydrogens is 811 g/mol. The van der Waals surface area contributed by atoms with E-state index in [0.717, 1.165) is 36.8 Å². The molecule has 7 heterocycles. The Morgan fingerprint density at radius 3 is 2.56 bits per heavy atom. The first-order chi connectivity index (χ1) is 30.2. The molecule has 2 fully saturated rings. The van der Waals surface area contributed by atoms with E-state index in [1.165, 1.54) is 33.2 Å². The quantitative estimate of drug-likeness (QED) is 0.178. The maximum atomic E-state index is 15.8. The lowest BCUT2D eigenvalue weighted by atomic mass is 9.83. The number of aryl methyl sites for hydroxylation is 2. The standard InChI is InChI=1S/C40H38F2N8O3.C6H8N2O2/c1-23-17-27(6-7-30(23)41)50-37(49-15-14-48(39(49)52)35-10-9-34-28(36(35)42)21-43-46(34)4)29-22-47(13-11-32(29)45-50)38(51)33-19-26-18-24(5-8-31(26)44-33)25-12-16-53-40(2,3)20-25;1-3-2-4(3)5-7-6(9)10-8-5/h5-10,14-15,17-19,21,25,44H,11-13,16,20,22H2,1-4H3;3-4H,2H2,1H3,(H,7,8,9)/t25-;3-,4+/m00/s1. The number of imidazole rings is 1. The van der Waals surface area contributed by atoms with Crippen molar-refractivity contribution in [1.29, 1.82) is 0 Å². The number of fused-ring (bicyclic) bond motifs is 3. The molecule has 3 aliphatic rings. The predicted molar refractivity (Wildman–Crippen MR) is 230 cm³/mol. The summed E-state index contributed by atoms with van der Waals surface area (Å²) in [4.78, 5) is 46.4. The molecule has 2 N–H and O–H groups in total. The van der Waals surface area contributed by atoms with E-state index in [9.17, 15) is 18.8 Å². The highest BCUT2D eigenvalue weighted by molar-refractivity contribution is 5.98. The topological polar surface area (TPSA) is 167 Å². The van der Waals surface area contributed by atoms with Gasteiger partial charge in [-0.15, -0.1) is 0 Å². The van der Waals surface area contributed by atoms with Gasteiger partial charge in [0.1, 0.15) is 17.3 Å². The molecule has 1 saturated heterocycles. The molecule has 17 heteroatoms. The Morgan fingerprint density at radius 2 is 1.81 bits per heavy atom. The molecule has 0 unspecified atom stereocenters. The van der Waals surface area contributed by atoms with Gasteiger partial charge in [-0.25, -0.2) is 23.1 Å². The molecule has 0 radical (unpaired) electrons. The number of H-pyrrole nitrogens is 2. The number of nitrogens with one attached hydrogen (secondary N) is 2. The lowest BCUT2D eigenvalue weighted by Gasteiger charge is -2.35. The minimum absolute atomic E-state index is 0.0751. The second kappa shape index (κ2) is 15.2. The maximum Gasteiger partial charge on any atom is 0.438 e. The molecule has 0 bridgehead atoms. The largest absolute Gasteiger partial charge is 0.438 e. The van der Waals surface area contributed by atoms with Gasteiger partial charge in [-0.2, -0.15) is 10.2 Å². The van der Waals surface area contributed by atoms with Crippen molar-refractivity contribution in [2.45, 2.75) is 77.4 Å². The van der Waals surface area contributed by atoms with Gasteiger partial charge in [-0.3, -0.25) is 28.1 Å². The molecule has 324 valence electrons. The van der Waals surface area contributed by atoms with Gasteiger partial charge in [-0.1, -0.05) is 18.1 Å². The maximum absolute atomic E-state index is 15.8. The molecular formula is C46H46F2N10O5. The number of ether oxygens (including phenoxy) is 1. The van der Waals surface area contributed by atoms with Gasteiger partial charge in [-0.05, 0) is 112 Å². The van der Waals surface area contributed by atoms with Gasteiger partial charge in [0.15, 0.2) is 11.6 Å². The molecule has 1 amide bonds. The van der Waals surface area contributed by atoms with E-state index in [1.807, 2.05) is 12.1 Å². The van der Waals surface area contributed by atoms with Crippen LogP contribution in [0.2, 0.25) is 0 Å². The molecule has 3 aromatic carbocycles. The van der Waals surface area contributed by atoms with Crippen LogP contribution in [0.1, 0.15) is 90.6 Å². The highest BCUT2D eigenvalue weighted by atomic mass is 19.1. The summed E-state index contributed by atoms with van der Waals surface area (Å²) >= 11 is 0. The molecule has 8 aromatic rings. The van der Waals surface area contributed by atoms with Gasteiger partial charge in [0.25, 0.3) is 5.91 Å². The van der Waals surface area contributed by atoms with E-state index in [0.29, 0.717) is 81.5 Å². The van der Waals surface area contributed by atoms with Crippen LogP contribution in [-0.4, -0.2) is 73.4 Å². The summed E-state index contributed by atoms with van der Waals surface area (Å²) in [5.41, 5.74) is 4.91. The van der Waals surface area contributed by atoms with Crippen LogP contribution in [0.25, 0.3) is 39.0 Å². The van der Waals surface area contributed by atoms with E-state index >= 15 is 4.39 Å². The number of amides is 1. The highest BCUT2D eigenvalue weighted by Gasteiger charge is 2.37. The van der Waals surface area contributed by atoms with Crippen molar-refractivity contribution in [3.05, 3.63) is 140 Å². The third-order valence-electron chi connectivity index (χ3n) is 12.8. The van der Waals surface area contributed by atoms with Crippen LogP contribution in [0.5, 0.6) is 0 Å². The SMILES string of the molecule is C[C@H]1C[C@H]1c1noc(=O)[nH]1.Cc1cc(-n2nc3c(c2-n2ccn(-c4ccc5c(cnn5C)c4F)c2=O)CN(C(=O)c2cc4cc([C@H]5CCOC(C)(C)C5)ccc4[nH]2)CC3)ccc1F. The Balaban J connectivity index is 0.000000413. The van der Waals surface area contributed by atoms with E-state index in [1.54, 1.807) is 58.7 Å². The smallest absolute Gasteiger partial charge is 0.376 e. The van der Waals surface area contributed by atoms with Crippen LogP contribution < -0.4 is 11.4 Å². The molecule has 63 heavy (non-hydrogen) atoms. The number of aromatic amines is 2. The second-order valence-electron chi connectivity index (χ2n) is 17.6. The first kappa shape index (κ1) is 40.2. The Hall–Kier alpha value is -6.88. The third kappa shape index (κ3) is 7.28. The number of carbonyl (C=O) groups is 1. The van der Waals surface area contributed by atoms with Crippen LogP contribution >= 0.6 is 0 Å². The van der Waals surface area contributed by atoms with Gasteiger partial charge < -0.3 is 14.6 Å². The van der Waals surface area contributed by atoms with E-state index in [2.05, 4.69) is 57.7 Å². The lowest BCUT2D eigenvalue weighted by molar-refractivity contribution is -0.0592. The lowest BCUT2D eigenvalue weighted by Crippen LogP contribution is -2.36. The van der Waals surface area contributed by atoms with Gasteiger partial charge in [0, 0.05) is 61.4 Å². The van der Waals surface area contributed by atoms with Crippen LogP contribution in [0.4, 0.5) is 8.78 Å². The monoisotopic (exact) mass is 856 g/mol. The van der Waals surface area contributed by atoms with Crippen LogP contribution in [0.3, 0.4) is 0 Å². The van der Waals surface area contributed by atoms with Gasteiger partial charge >= 0.3 is 11.4 Å². The van der Waals surface area contributed by atoms with Gasteiger partial charge in [0.2, 0.25) is 0 Å². The number of halogens is 2. The van der Waals surface area contributed by atoms with Crippen LogP contribution in [0, 0.1) is 24.5 Å². The summed E-state index contributed by atoms with van der Waals surface area (Å²) in [5.74, 6) is 1.02. The number of hydrogen-bond acceptors (Lipinski definition) is 8.